The van der Waals surface area contributed by atoms with Gasteiger partial charge in [-0.15, -0.1) is 11.3 Å². The summed E-state index contributed by atoms with van der Waals surface area (Å²) < 4.78 is 13.1. The number of hydrogen-bond acceptors (Lipinski definition) is 3. The number of carbonyl (C=O) groups is 1. The fourth-order valence-electron chi connectivity index (χ4n) is 3.38. The minimum atomic E-state index is -0.258. The van der Waals surface area contributed by atoms with E-state index in [1.165, 1.54) is 23.5 Å². The number of thiophene rings is 1. The topological polar surface area (TPSA) is 40.5 Å². The van der Waals surface area contributed by atoms with Crippen LogP contribution >= 0.6 is 11.3 Å². The minimum absolute atomic E-state index is 0.0805. The molecule has 1 saturated heterocycles. The molecule has 1 atom stereocenters. The van der Waals surface area contributed by atoms with Crippen molar-refractivity contribution in [3.63, 3.8) is 0 Å². The molecule has 24 heavy (non-hydrogen) atoms. The second-order valence-corrected chi connectivity index (χ2v) is 7.50. The van der Waals surface area contributed by atoms with Crippen LogP contribution in [-0.4, -0.2) is 35.1 Å². The highest BCUT2D eigenvalue weighted by molar-refractivity contribution is 7.14. The summed E-state index contributed by atoms with van der Waals surface area (Å²) in [5.41, 5.74) is 1.93. The molecule has 0 aliphatic carbocycles. The van der Waals surface area contributed by atoms with Crippen molar-refractivity contribution in [2.24, 2.45) is 0 Å². The zero-order chi connectivity index (χ0) is 17.1. The van der Waals surface area contributed by atoms with Crippen molar-refractivity contribution in [1.82, 2.24) is 4.90 Å². The standard InChI is InChI=1S/C19H22FNO2S/c1-13-17(14-6-8-15(20)9-7-14)12-18(24-13)19(23)21-10-2-4-16(21)5-3-11-22/h6-9,12,16,22H,2-5,10-11H2,1H3. The van der Waals surface area contributed by atoms with E-state index < -0.39 is 0 Å². The van der Waals surface area contributed by atoms with Crippen molar-refractivity contribution in [3.05, 3.63) is 45.9 Å². The van der Waals surface area contributed by atoms with Crippen LogP contribution in [0.25, 0.3) is 11.1 Å². The number of halogens is 1. The van der Waals surface area contributed by atoms with Crippen molar-refractivity contribution in [2.75, 3.05) is 13.2 Å². The van der Waals surface area contributed by atoms with Crippen molar-refractivity contribution in [2.45, 2.75) is 38.6 Å². The van der Waals surface area contributed by atoms with Crippen molar-refractivity contribution in [3.8, 4) is 11.1 Å². The van der Waals surface area contributed by atoms with Gasteiger partial charge in [0.1, 0.15) is 5.82 Å². The van der Waals surface area contributed by atoms with E-state index in [2.05, 4.69) is 0 Å². The average molecular weight is 347 g/mol. The summed E-state index contributed by atoms with van der Waals surface area (Å²) in [6, 6.07) is 8.55. The van der Waals surface area contributed by atoms with Crippen LogP contribution < -0.4 is 0 Å². The summed E-state index contributed by atoms with van der Waals surface area (Å²) in [4.78, 5) is 16.6. The number of carbonyl (C=O) groups excluding carboxylic acids is 1. The van der Waals surface area contributed by atoms with Gasteiger partial charge in [-0.05, 0) is 61.9 Å². The van der Waals surface area contributed by atoms with E-state index in [-0.39, 0.29) is 24.4 Å². The van der Waals surface area contributed by atoms with Crippen molar-refractivity contribution in [1.29, 1.82) is 0 Å². The molecule has 1 amide bonds. The number of aliphatic hydroxyl groups is 1. The third-order valence-corrected chi connectivity index (χ3v) is 5.66. The summed E-state index contributed by atoms with van der Waals surface area (Å²) in [5, 5.41) is 9.03. The molecule has 0 spiro atoms. The highest BCUT2D eigenvalue weighted by Crippen LogP contribution is 2.33. The third kappa shape index (κ3) is 3.52. The summed E-state index contributed by atoms with van der Waals surface area (Å²) >= 11 is 1.50. The smallest absolute Gasteiger partial charge is 0.264 e. The fraction of sp³-hybridized carbons (Fsp3) is 0.421. The Kier molecular flexibility index (Phi) is 5.31. The van der Waals surface area contributed by atoms with E-state index in [9.17, 15) is 9.18 Å². The molecule has 3 rings (SSSR count). The molecule has 1 fully saturated rings. The van der Waals surface area contributed by atoms with Crippen LogP contribution in [0.2, 0.25) is 0 Å². The van der Waals surface area contributed by atoms with E-state index in [1.807, 2.05) is 17.9 Å². The van der Waals surface area contributed by atoms with Crippen molar-refractivity contribution < 1.29 is 14.3 Å². The first-order valence-corrected chi connectivity index (χ1v) is 9.20. The Bertz CT molecular complexity index is 711. The van der Waals surface area contributed by atoms with Gasteiger partial charge in [0.15, 0.2) is 0 Å². The SMILES string of the molecule is Cc1sc(C(=O)N2CCCC2CCCO)cc1-c1ccc(F)cc1. The molecular weight excluding hydrogens is 325 g/mol. The Morgan fingerprint density at radius 3 is 2.83 bits per heavy atom. The van der Waals surface area contributed by atoms with E-state index in [0.717, 1.165) is 53.1 Å². The first kappa shape index (κ1) is 17.1. The Morgan fingerprint density at radius 1 is 1.38 bits per heavy atom. The number of nitrogens with zero attached hydrogens (tertiary/aromatic N) is 1. The van der Waals surface area contributed by atoms with Crippen LogP contribution in [-0.2, 0) is 0 Å². The Labute approximate surface area is 145 Å². The first-order valence-electron chi connectivity index (χ1n) is 8.38. The Hall–Kier alpha value is -1.72. The molecule has 1 aliphatic heterocycles. The van der Waals surface area contributed by atoms with Gasteiger partial charge in [-0.3, -0.25) is 4.79 Å². The van der Waals surface area contributed by atoms with E-state index in [0.29, 0.717) is 0 Å². The summed E-state index contributed by atoms with van der Waals surface area (Å²) in [7, 11) is 0. The fourth-order valence-corrected chi connectivity index (χ4v) is 4.37. The molecule has 1 aromatic carbocycles. The molecule has 2 aromatic rings. The molecular formula is C19H22FNO2S. The second kappa shape index (κ2) is 7.45. The van der Waals surface area contributed by atoms with Gasteiger partial charge in [0, 0.05) is 24.1 Å². The van der Waals surface area contributed by atoms with Crippen LogP contribution in [0.1, 0.15) is 40.2 Å². The van der Waals surface area contributed by atoms with Crippen LogP contribution in [0.15, 0.2) is 30.3 Å². The van der Waals surface area contributed by atoms with Gasteiger partial charge in [0.25, 0.3) is 5.91 Å². The van der Waals surface area contributed by atoms with Gasteiger partial charge in [-0.1, -0.05) is 12.1 Å². The summed E-state index contributed by atoms with van der Waals surface area (Å²) in [6.07, 6.45) is 3.63. The molecule has 3 nitrogen and oxygen atoms in total. The number of benzene rings is 1. The number of rotatable bonds is 5. The summed E-state index contributed by atoms with van der Waals surface area (Å²) in [5.74, 6) is -0.177. The lowest BCUT2D eigenvalue weighted by Crippen LogP contribution is -2.35. The monoisotopic (exact) mass is 347 g/mol. The Morgan fingerprint density at radius 2 is 2.12 bits per heavy atom. The molecule has 1 aliphatic rings. The molecule has 128 valence electrons. The van der Waals surface area contributed by atoms with Crippen LogP contribution in [0, 0.1) is 12.7 Å². The van der Waals surface area contributed by atoms with Gasteiger partial charge in [0.05, 0.1) is 4.88 Å². The largest absolute Gasteiger partial charge is 0.396 e. The number of aliphatic hydroxyl groups excluding tert-OH is 1. The lowest BCUT2D eigenvalue weighted by atomic mass is 10.1. The van der Waals surface area contributed by atoms with Crippen LogP contribution in [0.4, 0.5) is 4.39 Å². The molecule has 1 N–H and O–H groups in total. The van der Waals surface area contributed by atoms with Crippen LogP contribution in [0.3, 0.4) is 0 Å². The van der Waals surface area contributed by atoms with E-state index in [4.69, 9.17) is 5.11 Å². The highest BCUT2D eigenvalue weighted by atomic mass is 32.1. The molecule has 5 heteroatoms. The predicted molar refractivity (Wildman–Crippen MR) is 94.8 cm³/mol. The maximum atomic E-state index is 13.1. The van der Waals surface area contributed by atoms with Gasteiger partial charge in [0.2, 0.25) is 0 Å². The van der Waals surface area contributed by atoms with E-state index in [1.54, 1.807) is 12.1 Å². The average Bonchev–Trinajstić information content (AvgIpc) is 3.19. The van der Waals surface area contributed by atoms with E-state index >= 15 is 0 Å². The maximum Gasteiger partial charge on any atom is 0.264 e. The highest BCUT2D eigenvalue weighted by Gasteiger charge is 2.30. The molecule has 1 aromatic heterocycles. The molecule has 1 unspecified atom stereocenters. The molecule has 0 bridgehead atoms. The number of likely N-dealkylation sites (tertiary alicyclic amines) is 1. The van der Waals surface area contributed by atoms with Crippen molar-refractivity contribution >= 4 is 17.2 Å². The lowest BCUT2D eigenvalue weighted by Gasteiger charge is -2.24. The molecule has 2 heterocycles. The normalized spacial score (nSPS) is 17.5. The first-order chi connectivity index (χ1) is 11.6. The second-order valence-electron chi connectivity index (χ2n) is 6.25. The zero-order valence-corrected chi connectivity index (χ0v) is 14.6. The molecule has 0 radical (unpaired) electrons. The minimum Gasteiger partial charge on any atom is -0.396 e. The maximum absolute atomic E-state index is 13.1. The third-order valence-electron chi connectivity index (χ3n) is 4.62. The molecule has 0 saturated carbocycles. The zero-order valence-electron chi connectivity index (χ0n) is 13.8. The number of aryl methyl sites for hydroxylation is 1. The van der Waals surface area contributed by atoms with Gasteiger partial charge < -0.3 is 10.0 Å². The lowest BCUT2D eigenvalue weighted by molar-refractivity contribution is 0.0729. The Balaban J connectivity index is 1.81. The van der Waals surface area contributed by atoms with Gasteiger partial charge in [-0.25, -0.2) is 4.39 Å². The van der Waals surface area contributed by atoms with Gasteiger partial charge >= 0.3 is 0 Å². The van der Waals surface area contributed by atoms with Crippen LogP contribution in [0.5, 0.6) is 0 Å². The number of amides is 1. The quantitative estimate of drug-likeness (QED) is 0.879. The van der Waals surface area contributed by atoms with Gasteiger partial charge in [-0.2, -0.15) is 0 Å². The predicted octanol–water partition coefficient (Wildman–Crippen LogP) is 4.24. The number of hydrogen-bond donors (Lipinski definition) is 1. The summed E-state index contributed by atoms with van der Waals surface area (Å²) in [6.45, 7) is 2.95.